The minimum absolute atomic E-state index is 0.195. The number of para-hydroxylation sites is 1. The van der Waals surface area contributed by atoms with Crippen LogP contribution in [0.4, 0.5) is 5.69 Å². The first kappa shape index (κ1) is 15.9. The predicted molar refractivity (Wildman–Crippen MR) is 96.3 cm³/mol. The van der Waals surface area contributed by atoms with Crippen LogP contribution in [0.2, 0.25) is 0 Å². The van der Waals surface area contributed by atoms with Gasteiger partial charge in [-0.1, -0.05) is 30.3 Å². The number of ether oxygens (including phenoxy) is 1. The van der Waals surface area contributed by atoms with E-state index in [4.69, 9.17) is 4.74 Å². The van der Waals surface area contributed by atoms with Gasteiger partial charge in [-0.3, -0.25) is 4.79 Å². The normalized spacial score (nSPS) is 16.3. The van der Waals surface area contributed by atoms with Crippen molar-refractivity contribution in [3.63, 3.8) is 0 Å². The molecular formula is C19H21NO2S. The molecule has 1 heterocycles. The molecule has 4 heteroatoms. The van der Waals surface area contributed by atoms with E-state index in [1.807, 2.05) is 47.4 Å². The van der Waals surface area contributed by atoms with Gasteiger partial charge >= 0.3 is 0 Å². The Morgan fingerprint density at radius 1 is 1.22 bits per heavy atom. The van der Waals surface area contributed by atoms with E-state index in [1.54, 1.807) is 18.9 Å². The zero-order valence-corrected chi connectivity index (χ0v) is 14.3. The van der Waals surface area contributed by atoms with Crippen molar-refractivity contribution in [2.45, 2.75) is 25.1 Å². The highest BCUT2D eigenvalue weighted by Gasteiger charge is 2.30. The van der Waals surface area contributed by atoms with Crippen LogP contribution in [0.25, 0.3) is 0 Å². The number of hydrogen-bond acceptors (Lipinski definition) is 3. The van der Waals surface area contributed by atoms with E-state index < -0.39 is 0 Å². The molecule has 0 aromatic heterocycles. The van der Waals surface area contributed by atoms with Gasteiger partial charge in [0, 0.05) is 17.5 Å². The Balaban J connectivity index is 1.57. The summed E-state index contributed by atoms with van der Waals surface area (Å²) < 4.78 is 5.16. The number of anilines is 1. The summed E-state index contributed by atoms with van der Waals surface area (Å²) in [4.78, 5) is 14.5. The second-order valence-electron chi connectivity index (χ2n) is 5.79. The molecule has 1 atom stereocenters. The first-order valence-electron chi connectivity index (χ1n) is 7.79. The largest absolute Gasteiger partial charge is 0.497 e. The van der Waals surface area contributed by atoms with Crippen molar-refractivity contribution in [3.8, 4) is 5.75 Å². The molecule has 0 N–H and O–H groups in total. The number of fused-ring (bicyclic) bond motifs is 1. The summed E-state index contributed by atoms with van der Waals surface area (Å²) in [6.07, 6.45) is 0.949. The zero-order chi connectivity index (χ0) is 16.2. The molecule has 120 valence electrons. The van der Waals surface area contributed by atoms with Crippen LogP contribution in [0.5, 0.6) is 5.75 Å². The number of rotatable bonds is 5. The summed E-state index contributed by atoms with van der Waals surface area (Å²) in [6, 6.07) is 16.5. The number of hydrogen-bond donors (Lipinski definition) is 0. The van der Waals surface area contributed by atoms with Gasteiger partial charge in [-0.25, -0.2) is 0 Å². The van der Waals surface area contributed by atoms with Crippen LogP contribution in [0.3, 0.4) is 0 Å². The summed E-state index contributed by atoms with van der Waals surface area (Å²) in [5.74, 6) is 2.39. The lowest BCUT2D eigenvalue weighted by Gasteiger charge is -2.22. The summed E-state index contributed by atoms with van der Waals surface area (Å²) >= 11 is 1.66. The van der Waals surface area contributed by atoms with Gasteiger partial charge in [0.1, 0.15) is 5.75 Å². The molecule has 0 aliphatic carbocycles. The summed E-state index contributed by atoms with van der Waals surface area (Å²) in [5, 5.41) is 0. The minimum Gasteiger partial charge on any atom is -0.497 e. The van der Waals surface area contributed by atoms with Crippen molar-refractivity contribution in [2.24, 2.45) is 0 Å². The second-order valence-corrected chi connectivity index (χ2v) is 6.77. The molecule has 1 amide bonds. The van der Waals surface area contributed by atoms with Gasteiger partial charge in [0.25, 0.3) is 0 Å². The topological polar surface area (TPSA) is 29.5 Å². The Morgan fingerprint density at radius 2 is 1.96 bits per heavy atom. The highest BCUT2D eigenvalue weighted by Crippen LogP contribution is 2.32. The van der Waals surface area contributed by atoms with Crippen LogP contribution in [0.15, 0.2) is 48.5 Å². The fourth-order valence-corrected chi connectivity index (χ4v) is 3.84. The average molecular weight is 327 g/mol. The fourth-order valence-electron chi connectivity index (χ4n) is 2.99. The lowest BCUT2D eigenvalue weighted by atomic mass is 10.1. The average Bonchev–Trinajstić information content (AvgIpc) is 2.91. The SMILES string of the molecule is COc1ccc(CSCC(=O)N2c3ccccc3C[C@@H]2C)cc1. The summed E-state index contributed by atoms with van der Waals surface area (Å²) in [7, 11) is 1.66. The molecule has 1 aliphatic rings. The van der Waals surface area contributed by atoms with E-state index in [1.165, 1.54) is 11.1 Å². The Labute approximate surface area is 141 Å². The first-order valence-corrected chi connectivity index (χ1v) is 8.95. The van der Waals surface area contributed by atoms with E-state index >= 15 is 0 Å². The highest BCUT2D eigenvalue weighted by molar-refractivity contribution is 7.99. The van der Waals surface area contributed by atoms with Crippen molar-refractivity contribution in [3.05, 3.63) is 59.7 Å². The number of carbonyl (C=O) groups excluding carboxylic acids is 1. The molecule has 2 aromatic rings. The Morgan fingerprint density at radius 3 is 2.70 bits per heavy atom. The molecule has 0 radical (unpaired) electrons. The van der Waals surface area contributed by atoms with Gasteiger partial charge in [-0.2, -0.15) is 0 Å². The lowest BCUT2D eigenvalue weighted by molar-refractivity contribution is -0.116. The quantitative estimate of drug-likeness (QED) is 0.834. The van der Waals surface area contributed by atoms with Crippen molar-refractivity contribution < 1.29 is 9.53 Å². The van der Waals surface area contributed by atoms with E-state index in [-0.39, 0.29) is 11.9 Å². The number of benzene rings is 2. The number of nitrogens with zero attached hydrogens (tertiary/aromatic N) is 1. The van der Waals surface area contributed by atoms with Gasteiger partial charge in [0.15, 0.2) is 0 Å². The minimum atomic E-state index is 0.195. The molecule has 23 heavy (non-hydrogen) atoms. The second kappa shape index (κ2) is 7.09. The molecular weight excluding hydrogens is 306 g/mol. The lowest BCUT2D eigenvalue weighted by Crippen LogP contribution is -2.37. The van der Waals surface area contributed by atoms with Gasteiger partial charge < -0.3 is 9.64 Å². The van der Waals surface area contributed by atoms with Crippen LogP contribution < -0.4 is 9.64 Å². The highest BCUT2D eigenvalue weighted by atomic mass is 32.2. The third-order valence-electron chi connectivity index (χ3n) is 4.13. The molecule has 0 bridgehead atoms. The zero-order valence-electron chi connectivity index (χ0n) is 13.5. The molecule has 2 aromatic carbocycles. The summed E-state index contributed by atoms with van der Waals surface area (Å²) in [5.41, 5.74) is 3.56. The Kier molecular flexibility index (Phi) is 4.91. The maximum Gasteiger partial charge on any atom is 0.237 e. The molecule has 0 saturated carbocycles. The molecule has 0 saturated heterocycles. The van der Waals surface area contributed by atoms with Gasteiger partial charge in [-0.15, -0.1) is 11.8 Å². The Bertz CT molecular complexity index is 684. The van der Waals surface area contributed by atoms with E-state index in [0.717, 1.165) is 23.6 Å². The molecule has 3 nitrogen and oxygen atoms in total. The van der Waals surface area contributed by atoms with E-state index in [9.17, 15) is 4.79 Å². The number of carbonyl (C=O) groups is 1. The van der Waals surface area contributed by atoms with Gasteiger partial charge in [-0.05, 0) is 42.7 Å². The number of thioether (sulfide) groups is 1. The molecule has 0 fully saturated rings. The van der Waals surface area contributed by atoms with Crippen molar-refractivity contribution >= 4 is 23.4 Å². The molecule has 0 spiro atoms. The van der Waals surface area contributed by atoms with Crippen LogP contribution in [-0.4, -0.2) is 24.8 Å². The van der Waals surface area contributed by atoms with E-state index in [0.29, 0.717) is 5.75 Å². The van der Waals surface area contributed by atoms with Crippen LogP contribution in [0, 0.1) is 0 Å². The maximum absolute atomic E-state index is 12.6. The third kappa shape index (κ3) is 3.53. The van der Waals surface area contributed by atoms with Gasteiger partial charge in [0.2, 0.25) is 5.91 Å². The van der Waals surface area contributed by atoms with Gasteiger partial charge in [0.05, 0.1) is 12.9 Å². The maximum atomic E-state index is 12.6. The third-order valence-corrected chi connectivity index (χ3v) is 5.12. The number of methoxy groups -OCH3 is 1. The van der Waals surface area contributed by atoms with Crippen molar-refractivity contribution in [2.75, 3.05) is 17.8 Å². The van der Waals surface area contributed by atoms with Crippen LogP contribution >= 0.6 is 11.8 Å². The smallest absolute Gasteiger partial charge is 0.237 e. The summed E-state index contributed by atoms with van der Waals surface area (Å²) in [6.45, 7) is 2.12. The van der Waals surface area contributed by atoms with Crippen molar-refractivity contribution in [1.82, 2.24) is 0 Å². The van der Waals surface area contributed by atoms with E-state index in [2.05, 4.69) is 13.0 Å². The predicted octanol–water partition coefficient (Wildman–Crippen LogP) is 3.91. The molecule has 3 rings (SSSR count). The fraction of sp³-hybridized carbons (Fsp3) is 0.316. The number of amides is 1. The van der Waals surface area contributed by atoms with Crippen LogP contribution in [-0.2, 0) is 17.0 Å². The molecule has 1 aliphatic heterocycles. The first-order chi connectivity index (χ1) is 11.2. The standard InChI is InChI=1S/C19H21NO2S/c1-14-11-16-5-3-4-6-18(16)20(14)19(21)13-23-12-15-7-9-17(22-2)10-8-15/h3-10,14H,11-13H2,1-2H3/t14-/m0/s1. The monoisotopic (exact) mass is 327 g/mol. The molecule has 0 unspecified atom stereocenters. The van der Waals surface area contributed by atoms with Crippen LogP contribution in [0.1, 0.15) is 18.1 Å². The van der Waals surface area contributed by atoms with Crippen molar-refractivity contribution in [1.29, 1.82) is 0 Å². The Hall–Kier alpha value is -1.94.